The first-order valence-electron chi connectivity index (χ1n) is 11.1. The maximum absolute atomic E-state index is 13.1. The minimum absolute atomic E-state index is 0.0621. The van der Waals surface area contributed by atoms with Gasteiger partial charge in [0.25, 0.3) is 0 Å². The van der Waals surface area contributed by atoms with E-state index in [4.69, 9.17) is 0 Å². The SMILES string of the molecule is O=C(CCc1ccccc1)Nc1nc(Cc2ccccc2)c(C(=O)CCc2ccccc2)s1. The number of amides is 1. The topological polar surface area (TPSA) is 59.1 Å². The summed E-state index contributed by atoms with van der Waals surface area (Å²) in [6.45, 7) is 0. The first kappa shape index (κ1) is 22.6. The van der Waals surface area contributed by atoms with E-state index in [0.29, 0.717) is 42.1 Å². The second-order valence-electron chi connectivity index (χ2n) is 7.90. The quantitative estimate of drug-likeness (QED) is 0.294. The summed E-state index contributed by atoms with van der Waals surface area (Å²) in [5.74, 6) is -0.0331. The molecule has 1 heterocycles. The standard InChI is InChI=1S/C28H26N2O2S/c31-25(18-16-21-10-4-1-5-11-21)27-24(20-23-14-8-3-9-15-23)29-28(33-27)30-26(32)19-17-22-12-6-2-7-13-22/h1-15H,16-20H2,(H,29,30,32). The Morgan fingerprint density at radius 2 is 1.21 bits per heavy atom. The van der Waals surface area contributed by atoms with Crippen molar-refractivity contribution in [2.45, 2.75) is 32.1 Å². The average molecular weight is 455 g/mol. The lowest BCUT2D eigenvalue weighted by Gasteiger charge is -2.03. The van der Waals surface area contributed by atoms with Gasteiger partial charge in [0, 0.05) is 19.3 Å². The molecule has 4 aromatic rings. The lowest BCUT2D eigenvalue weighted by molar-refractivity contribution is -0.116. The Kier molecular flexibility index (Phi) is 7.77. The van der Waals surface area contributed by atoms with Crippen LogP contribution >= 0.6 is 11.3 Å². The van der Waals surface area contributed by atoms with E-state index in [0.717, 1.165) is 22.4 Å². The van der Waals surface area contributed by atoms with Crippen molar-refractivity contribution >= 4 is 28.2 Å². The number of anilines is 1. The number of carbonyl (C=O) groups is 2. The van der Waals surface area contributed by atoms with Gasteiger partial charge in [0.05, 0.1) is 10.6 Å². The first-order chi connectivity index (χ1) is 16.2. The van der Waals surface area contributed by atoms with Gasteiger partial charge in [-0.3, -0.25) is 9.59 Å². The van der Waals surface area contributed by atoms with Crippen LogP contribution in [0.1, 0.15) is 44.9 Å². The molecule has 0 unspecified atom stereocenters. The fourth-order valence-electron chi connectivity index (χ4n) is 3.63. The van der Waals surface area contributed by atoms with E-state index >= 15 is 0 Å². The van der Waals surface area contributed by atoms with E-state index < -0.39 is 0 Å². The van der Waals surface area contributed by atoms with E-state index in [1.165, 1.54) is 11.3 Å². The zero-order valence-electron chi connectivity index (χ0n) is 18.4. The molecule has 3 aromatic carbocycles. The van der Waals surface area contributed by atoms with E-state index in [-0.39, 0.29) is 11.7 Å². The molecule has 0 spiro atoms. The van der Waals surface area contributed by atoms with Gasteiger partial charge in [-0.1, -0.05) is 102 Å². The largest absolute Gasteiger partial charge is 0.302 e. The molecule has 0 atom stereocenters. The van der Waals surface area contributed by atoms with Crippen LogP contribution in [0.5, 0.6) is 0 Å². The van der Waals surface area contributed by atoms with Crippen LogP contribution in [0.4, 0.5) is 5.13 Å². The Morgan fingerprint density at radius 1 is 0.697 bits per heavy atom. The summed E-state index contributed by atoms with van der Waals surface area (Å²) in [5.41, 5.74) is 4.06. The van der Waals surface area contributed by atoms with Crippen molar-refractivity contribution in [1.82, 2.24) is 4.98 Å². The maximum Gasteiger partial charge on any atom is 0.226 e. The van der Waals surface area contributed by atoms with Crippen molar-refractivity contribution in [1.29, 1.82) is 0 Å². The summed E-state index contributed by atoms with van der Waals surface area (Å²) in [6.07, 6.45) is 2.69. The molecule has 166 valence electrons. The number of nitrogens with one attached hydrogen (secondary N) is 1. The first-order valence-corrected chi connectivity index (χ1v) is 11.9. The van der Waals surface area contributed by atoms with Gasteiger partial charge < -0.3 is 5.32 Å². The van der Waals surface area contributed by atoms with Crippen LogP contribution in [0.15, 0.2) is 91.0 Å². The molecule has 0 aliphatic carbocycles. The molecule has 4 nitrogen and oxygen atoms in total. The van der Waals surface area contributed by atoms with Gasteiger partial charge >= 0.3 is 0 Å². The summed E-state index contributed by atoms with van der Waals surface area (Å²) in [5, 5.41) is 3.39. The van der Waals surface area contributed by atoms with Crippen LogP contribution in [0.25, 0.3) is 0 Å². The van der Waals surface area contributed by atoms with Crippen molar-refractivity contribution < 1.29 is 9.59 Å². The fourth-order valence-corrected chi connectivity index (χ4v) is 4.60. The number of thiazole rings is 1. The van der Waals surface area contributed by atoms with E-state index in [1.807, 2.05) is 91.0 Å². The van der Waals surface area contributed by atoms with Crippen LogP contribution < -0.4 is 5.32 Å². The van der Waals surface area contributed by atoms with Crippen molar-refractivity contribution in [2.75, 3.05) is 5.32 Å². The fraction of sp³-hybridized carbons (Fsp3) is 0.179. The minimum Gasteiger partial charge on any atom is -0.302 e. The lowest BCUT2D eigenvalue weighted by atomic mass is 10.0. The van der Waals surface area contributed by atoms with Crippen molar-refractivity contribution in [3.8, 4) is 0 Å². The number of hydrogen-bond donors (Lipinski definition) is 1. The van der Waals surface area contributed by atoms with Gasteiger partial charge in [-0.25, -0.2) is 4.98 Å². The molecule has 0 saturated carbocycles. The molecule has 0 fully saturated rings. The molecule has 0 saturated heterocycles. The van der Waals surface area contributed by atoms with Gasteiger partial charge in [0.2, 0.25) is 5.91 Å². The highest BCUT2D eigenvalue weighted by Gasteiger charge is 2.19. The lowest BCUT2D eigenvalue weighted by Crippen LogP contribution is -2.12. The van der Waals surface area contributed by atoms with Crippen molar-refractivity contribution in [3.63, 3.8) is 0 Å². The average Bonchev–Trinajstić information content (AvgIpc) is 3.25. The zero-order valence-corrected chi connectivity index (χ0v) is 19.2. The van der Waals surface area contributed by atoms with Gasteiger partial charge in [0.15, 0.2) is 10.9 Å². The Morgan fingerprint density at radius 3 is 1.79 bits per heavy atom. The zero-order chi connectivity index (χ0) is 22.9. The van der Waals surface area contributed by atoms with Crippen LogP contribution in [-0.2, 0) is 24.1 Å². The second kappa shape index (κ2) is 11.3. The number of Topliss-reactive ketones (excluding diaryl/α,β-unsaturated/α-hetero) is 1. The highest BCUT2D eigenvalue weighted by atomic mass is 32.1. The summed E-state index contributed by atoms with van der Waals surface area (Å²) in [6, 6.07) is 29.9. The summed E-state index contributed by atoms with van der Waals surface area (Å²) >= 11 is 1.28. The Labute approximate surface area is 198 Å². The predicted molar refractivity (Wildman–Crippen MR) is 134 cm³/mol. The van der Waals surface area contributed by atoms with Gasteiger partial charge in [-0.05, 0) is 29.5 Å². The molecule has 33 heavy (non-hydrogen) atoms. The second-order valence-corrected chi connectivity index (χ2v) is 8.90. The smallest absolute Gasteiger partial charge is 0.226 e. The third-order valence-electron chi connectivity index (χ3n) is 5.38. The summed E-state index contributed by atoms with van der Waals surface area (Å²) in [7, 11) is 0. The monoisotopic (exact) mass is 454 g/mol. The predicted octanol–water partition coefficient (Wildman–Crippen LogP) is 6.12. The molecule has 0 radical (unpaired) electrons. The molecule has 1 aromatic heterocycles. The number of aryl methyl sites for hydroxylation is 2. The molecule has 1 N–H and O–H groups in total. The van der Waals surface area contributed by atoms with E-state index in [9.17, 15) is 9.59 Å². The van der Waals surface area contributed by atoms with Crippen molar-refractivity contribution in [2.24, 2.45) is 0 Å². The normalized spacial score (nSPS) is 10.7. The number of aromatic nitrogens is 1. The van der Waals surface area contributed by atoms with E-state index in [1.54, 1.807) is 0 Å². The van der Waals surface area contributed by atoms with Gasteiger partial charge in [-0.15, -0.1) is 0 Å². The Hall–Kier alpha value is -3.57. The van der Waals surface area contributed by atoms with E-state index in [2.05, 4.69) is 10.3 Å². The Balaban J connectivity index is 1.46. The summed E-state index contributed by atoms with van der Waals surface area (Å²) < 4.78 is 0. The highest BCUT2D eigenvalue weighted by molar-refractivity contribution is 7.17. The molecule has 4 rings (SSSR count). The van der Waals surface area contributed by atoms with Crippen LogP contribution in [0.2, 0.25) is 0 Å². The van der Waals surface area contributed by atoms with Crippen LogP contribution in [-0.4, -0.2) is 16.7 Å². The molecular formula is C28H26N2O2S. The summed E-state index contributed by atoms with van der Waals surface area (Å²) in [4.78, 5) is 30.9. The number of ketones is 1. The molecule has 5 heteroatoms. The minimum atomic E-state index is -0.0952. The van der Waals surface area contributed by atoms with Crippen LogP contribution in [0.3, 0.4) is 0 Å². The number of nitrogens with zero attached hydrogens (tertiary/aromatic N) is 1. The molecule has 0 bridgehead atoms. The molecule has 0 aliphatic heterocycles. The number of hydrogen-bond acceptors (Lipinski definition) is 4. The third kappa shape index (κ3) is 6.70. The molecule has 0 aliphatic rings. The number of carbonyl (C=O) groups excluding carboxylic acids is 2. The van der Waals surface area contributed by atoms with Gasteiger partial charge in [0.1, 0.15) is 0 Å². The number of benzene rings is 3. The Bertz CT molecular complexity index is 1190. The molecular weight excluding hydrogens is 428 g/mol. The van der Waals surface area contributed by atoms with Crippen molar-refractivity contribution in [3.05, 3.63) is 118 Å². The third-order valence-corrected chi connectivity index (χ3v) is 6.43. The van der Waals surface area contributed by atoms with Gasteiger partial charge in [-0.2, -0.15) is 0 Å². The highest BCUT2D eigenvalue weighted by Crippen LogP contribution is 2.27. The van der Waals surface area contributed by atoms with Crippen LogP contribution in [0, 0.1) is 0 Å². The number of rotatable bonds is 10. The maximum atomic E-state index is 13.1. The molecule has 1 amide bonds.